The standard InChI is InChI=1S/C15H10Br2FNO3/c16-13(9-3-7-12(8-4-9)19(21)22)14(17)15(20)10-1-5-11(18)6-2-10/h1-8,13-14H/t13-,14+/m0/s1. The molecular formula is C15H10Br2FNO3. The number of nitro benzene ring substituents is 1. The number of carbonyl (C=O) groups excluding carboxylic acids is 1. The van der Waals surface area contributed by atoms with Crippen molar-refractivity contribution in [2.45, 2.75) is 9.65 Å². The van der Waals surface area contributed by atoms with E-state index in [-0.39, 0.29) is 16.3 Å². The maximum atomic E-state index is 12.9. The Kier molecular flexibility index (Phi) is 5.42. The number of nitro groups is 1. The molecule has 0 radical (unpaired) electrons. The Hall–Kier alpha value is -1.60. The smallest absolute Gasteiger partial charge is 0.269 e. The highest BCUT2D eigenvalue weighted by Gasteiger charge is 2.26. The predicted molar refractivity (Wildman–Crippen MR) is 88.2 cm³/mol. The Morgan fingerprint density at radius 1 is 1.05 bits per heavy atom. The lowest BCUT2D eigenvalue weighted by atomic mass is 10.0. The van der Waals surface area contributed by atoms with E-state index in [1.54, 1.807) is 12.1 Å². The van der Waals surface area contributed by atoms with Crippen LogP contribution in [0.1, 0.15) is 20.7 Å². The first kappa shape index (κ1) is 16.8. The Morgan fingerprint density at radius 3 is 2.09 bits per heavy atom. The van der Waals surface area contributed by atoms with Gasteiger partial charge in [0, 0.05) is 17.7 Å². The van der Waals surface area contributed by atoms with Crippen LogP contribution in [0.4, 0.5) is 10.1 Å². The molecule has 0 fully saturated rings. The molecule has 114 valence electrons. The topological polar surface area (TPSA) is 60.2 Å². The van der Waals surface area contributed by atoms with Gasteiger partial charge in [-0.05, 0) is 29.8 Å². The van der Waals surface area contributed by atoms with Gasteiger partial charge in [0.2, 0.25) is 0 Å². The van der Waals surface area contributed by atoms with E-state index >= 15 is 0 Å². The van der Waals surface area contributed by atoms with Crippen molar-refractivity contribution >= 4 is 43.3 Å². The van der Waals surface area contributed by atoms with Crippen LogP contribution in [0, 0.1) is 15.9 Å². The van der Waals surface area contributed by atoms with E-state index in [0.717, 1.165) is 5.56 Å². The molecule has 0 N–H and O–H groups in total. The number of alkyl halides is 2. The summed E-state index contributed by atoms with van der Waals surface area (Å²) in [5.74, 6) is -0.617. The van der Waals surface area contributed by atoms with E-state index in [4.69, 9.17) is 0 Å². The van der Waals surface area contributed by atoms with E-state index in [9.17, 15) is 19.3 Å². The zero-order chi connectivity index (χ0) is 16.3. The van der Waals surface area contributed by atoms with Gasteiger partial charge < -0.3 is 0 Å². The molecule has 2 rings (SSSR count). The number of halogens is 3. The molecule has 2 aromatic rings. The fourth-order valence-electron chi connectivity index (χ4n) is 1.86. The molecule has 0 saturated carbocycles. The number of Topliss-reactive ketones (excluding diaryl/α,β-unsaturated/α-hetero) is 1. The molecule has 0 aliphatic heterocycles. The lowest BCUT2D eigenvalue weighted by molar-refractivity contribution is -0.384. The number of carbonyl (C=O) groups is 1. The van der Waals surface area contributed by atoms with Gasteiger partial charge in [-0.1, -0.05) is 44.0 Å². The van der Waals surface area contributed by atoms with E-state index in [1.165, 1.54) is 36.4 Å². The monoisotopic (exact) mass is 429 g/mol. The van der Waals surface area contributed by atoms with Crippen LogP contribution in [0.5, 0.6) is 0 Å². The quantitative estimate of drug-likeness (QED) is 0.296. The second kappa shape index (κ2) is 7.11. The summed E-state index contributed by atoms with van der Waals surface area (Å²) in [7, 11) is 0. The van der Waals surface area contributed by atoms with E-state index < -0.39 is 15.6 Å². The second-order valence-corrected chi connectivity index (χ2v) is 6.50. The number of hydrogen-bond donors (Lipinski definition) is 0. The van der Waals surface area contributed by atoms with Gasteiger partial charge in [-0.2, -0.15) is 0 Å². The van der Waals surface area contributed by atoms with Gasteiger partial charge in [0.25, 0.3) is 5.69 Å². The van der Waals surface area contributed by atoms with Gasteiger partial charge in [-0.15, -0.1) is 0 Å². The molecule has 7 heteroatoms. The van der Waals surface area contributed by atoms with Crippen LogP contribution >= 0.6 is 31.9 Å². The maximum Gasteiger partial charge on any atom is 0.269 e. The summed E-state index contributed by atoms with van der Waals surface area (Å²) in [6, 6.07) is 11.2. The maximum absolute atomic E-state index is 12.9. The highest BCUT2D eigenvalue weighted by Crippen LogP contribution is 2.34. The number of nitrogens with zero attached hydrogens (tertiary/aromatic N) is 1. The normalized spacial score (nSPS) is 13.4. The first-order chi connectivity index (χ1) is 10.4. The van der Waals surface area contributed by atoms with E-state index in [2.05, 4.69) is 31.9 Å². The van der Waals surface area contributed by atoms with Crippen LogP contribution in [0.2, 0.25) is 0 Å². The third-order valence-corrected chi connectivity index (χ3v) is 5.77. The van der Waals surface area contributed by atoms with Crippen molar-refractivity contribution in [3.63, 3.8) is 0 Å². The SMILES string of the molecule is O=C(c1ccc(F)cc1)[C@H](Br)[C@@H](Br)c1ccc([N+](=O)[O-])cc1. The molecule has 22 heavy (non-hydrogen) atoms. The molecule has 4 nitrogen and oxygen atoms in total. The van der Waals surface area contributed by atoms with Crippen molar-refractivity contribution in [1.82, 2.24) is 0 Å². The van der Waals surface area contributed by atoms with Crippen LogP contribution in [0.3, 0.4) is 0 Å². The Labute approximate surface area is 142 Å². The molecule has 0 unspecified atom stereocenters. The van der Waals surface area contributed by atoms with Crippen LogP contribution in [0.25, 0.3) is 0 Å². The zero-order valence-electron chi connectivity index (χ0n) is 11.1. The summed E-state index contributed by atoms with van der Waals surface area (Å²) in [6.07, 6.45) is 0. The summed E-state index contributed by atoms with van der Waals surface area (Å²) in [5, 5.41) is 10.6. The summed E-state index contributed by atoms with van der Waals surface area (Å²) >= 11 is 6.74. The minimum atomic E-state index is -0.584. The molecular weight excluding hydrogens is 421 g/mol. The second-order valence-electron chi connectivity index (χ2n) is 4.52. The van der Waals surface area contributed by atoms with Crippen molar-refractivity contribution in [3.8, 4) is 0 Å². The van der Waals surface area contributed by atoms with Gasteiger partial charge in [0.15, 0.2) is 5.78 Å². The van der Waals surface area contributed by atoms with E-state index in [0.29, 0.717) is 5.56 Å². The third kappa shape index (κ3) is 3.78. The average Bonchev–Trinajstić information content (AvgIpc) is 2.53. The molecule has 0 aliphatic rings. The fraction of sp³-hybridized carbons (Fsp3) is 0.133. The minimum absolute atomic E-state index is 0.0144. The summed E-state index contributed by atoms with van der Waals surface area (Å²) in [4.78, 5) is 21.5. The van der Waals surface area contributed by atoms with Gasteiger partial charge in [-0.25, -0.2) is 4.39 Å². The fourth-order valence-corrected chi connectivity index (χ4v) is 2.97. The van der Waals surface area contributed by atoms with Crippen LogP contribution in [-0.2, 0) is 0 Å². The zero-order valence-corrected chi connectivity index (χ0v) is 14.3. The van der Waals surface area contributed by atoms with Crippen molar-refractivity contribution in [2.24, 2.45) is 0 Å². The van der Waals surface area contributed by atoms with Crippen molar-refractivity contribution in [3.05, 3.63) is 75.6 Å². The highest BCUT2D eigenvalue weighted by molar-refractivity contribution is 9.12. The Balaban J connectivity index is 2.17. The van der Waals surface area contributed by atoms with Gasteiger partial charge >= 0.3 is 0 Å². The molecule has 0 amide bonds. The molecule has 0 spiro atoms. The average molecular weight is 431 g/mol. The predicted octanol–water partition coefficient (Wildman–Crippen LogP) is 4.82. The van der Waals surface area contributed by atoms with Crippen LogP contribution in [0.15, 0.2) is 48.5 Å². The molecule has 2 atom stereocenters. The summed E-state index contributed by atoms with van der Waals surface area (Å²) in [5.41, 5.74) is 1.09. The molecule has 0 saturated heterocycles. The van der Waals surface area contributed by atoms with Gasteiger partial charge in [0.1, 0.15) is 5.82 Å². The van der Waals surface area contributed by atoms with Gasteiger partial charge in [-0.3, -0.25) is 14.9 Å². The Morgan fingerprint density at radius 2 is 1.59 bits per heavy atom. The number of benzene rings is 2. The van der Waals surface area contributed by atoms with Crippen molar-refractivity contribution in [2.75, 3.05) is 0 Å². The number of non-ortho nitro benzene ring substituents is 1. The third-order valence-electron chi connectivity index (χ3n) is 3.06. The molecule has 0 aromatic heterocycles. The molecule has 0 aliphatic carbocycles. The Bertz CT molecular complexity index is 689. The minimum Gasteiger partial charge on any atom is -0.293 e. The van der Waals surface area contributed by atoms with Gasteiger partial charge in [0.05, 0.1) is 14.6 Å². The molecule has 0 heterocycles. The summed E-state index contributed by atoms with van der Waals surface area (Å²) < 4.78 is 12.9. The van der Waals surface area contributed by atoms with Crippen LogP contribution in [-0.4, -0.2) is 15.5 Å². The first-order valence-electron chi connectivity index (χ1n) is 6.22. The summed E-state index contributed by atoms with van der Waals surface area (Å²) in [6.45, 7) is 0. The van der Waals surface area contributed by atoms with Crippen molar-refractivity contribution in [1.29, 1.82) is 0 Å². The number of ketones is 1. The van der Waals surface area contributed by atoms with E-state index in [1.807, 2.05) is 0 Å². The highest BCUT2D eigenvalue weighted by atomic mass is 79.9. The van der Waals surface area contributed by atoms with Crippen molar-refractivity contribution < 1.29 is 14.1 Å². The molecule has 2 aromatic carbocycles. The van der Waals surface area contributed by atoms with Crippen LogP contribution < -0.4 is 0 Å². The number of rotatable bonds is 5. The number of hydrogen-bond acceptors (Lipinski definition) is 3. The molecule has 0 bridgehead atoms. The largest absolute Gasteiger partial charge is 0.293 e. The lowest BCUT2D eigenvalue weighted by Crippen LogP contribution is -2.19. The lowest BCUT2D eigenvalue weighted by Gasteiger charge is -2.16. The first-order valence-corrected chi connectivity index (χ1v) is 8.05.